The van der Waals surface area contributed by atoms with Crippen LogP contribution < -0.4 is 5.32 Å². The zero-order valence-electron chi connectivity index (χ0n) is 12.6. The number of aryl methyl sites for hydroxylation is 1. The minimum atomic E-state index is 0.343. The fraction of sp³-hybridized carbons (Fsp3) is 0.800. The first-order chi connectivity index (χ1) is 9.63. The number of unbranched alkanes of at least 4 members (excludes halogenated alkanes) is 1. The minimum Gasteiger partial charge on any atom is -0.381 e. The molecule has 4 nitrogen and oxygen atoms in total. The van der Waals surface area contributed by atoms with Gasteiger partial charge in [-0.05, 0) is 24.7 Å². The second-order valence-corrected chi connectivity index (χ2v) is 6.44. The lowest BCUT2D eigenvalue weighted by Gasteiger charge is -2.33. The standard InChI is InChI=1S/C15H26ClN3O/c1-3-4-5-13-18-12(14(16)19-13)10-17-11-15(2)6-8-20-9-7-15/h17H,3-11H2,1-2H3,(H,18,19). The van der Waals surface area contributed by atoms with Crippen LogP contribution in [0.4, 0.5) is 0 Å². The number of imidazole rings is 1. The number of halogens is 1. The lowest BCUT2D eigenvalue weighted by atomic mass is 9.82. The van der Waals surface area contributed by atoms with E-state index >= 15 is 0 Å². The third-order valence-electron chi connectivity index (χ3n) is 4.10. The first-order valence-corrected chi connectivity index (χ1v) is 8.02. The number of aromatic amines is 1. The van der Waals surface area contributed by atoms with E-state index in [0.29, 0.717) is 10.6 Å². The molecule has 1 aromatic rings. The fourth-order valence-corrected chi connectivity index (χ4v) is 2.77. The highest BCUT2D eigenvalue weighted by Crippen LogP contribution is 2.28. The van der Waals surface area contributed by atoms with Gasteiger partial charge in [0, 0.05) is 32.7 Å². The van der Waals surface area contributed by atoms with E-state index in [-0.39, 0.29) is 0 Å². The van der Waals surface area contributed by atoms with E-state index in [9.17, 15) is 0 Å². The second-order valence-electron chi connectivity index (χ2n) is 6.08. The summed E-state index contributed by atoms with van der Waals surface area (Å²) in [5, 5.41) is 4.12. The Bertz CT molecular complexity index is 413. The number of hydrogen-bond donors (Lipinski definition) is 2. The molecule has 1 aliphatic heterocycles. The summed E-state index contributed by atoms with van der Waals surface area (Å²) in [6.45, 7) is 8.02. The number of hydrogen-bond acceptors (Lipinski definition) is 3. The van der Waals surface area contributed by atoms with E-state index in [2.05, 4.69) is 29.1 Å². The van der Waals surface area contributed by atoms with Crippen molar-refractivity contribution in [1.82, 2.24) is 15.3 Å². The summed E-state index contributed by atoms with van der Waals surface area (Å²) < 4.78 is 5.42. The summed E-state index contributed by atoms with van der Waals surface area (Å²) in [4.78, 5) is 7.72. The summed E-state index contributed by atoms with van der Waals surface area (Å²) in [5.74, 6) is 1.01. The Hall–Kier alpha value is -0.580. The maximum absolute atomic E-state index is 6.18. The van der Waals surface area contributed by atoms with E-state index in [1.54, 1.807) is 0 Å². The van der Waals surface area contributed by atoms with E-state index in [4.69, 9.17) is 16.3 Å². The normalized spacial score (nSPS) is 18.4. The van der Waals surface area contributed by atoms with Crippen molar-refractivity contribution in [3.05, 3.63) is 16.7 Å². The topological polar surface area (TPSA) is 49.9 Å². The second kappa shape index (κ2) is 7.43. The zero-order valence-corrected chi connectivity index (χ0v) is 13.4. The Morgan fingerprint density at radius 1 is 1.40 bits per heavy atom. The van der Waals surface area contributed by atoms with Crippen LogP contribution >= 0.6 is 11.6 Å². The van der Waals surface area contributed by atoms with Gasteiger partial charge in [0.25, 0.3) is 0 Å². The predicted molar refractivity (Wildman–Crippen MR) is 82.1 cm³/mol. The Morgan fingerprint density at radius 2 is 2.15 bits per heavy atom. The van der Waals surface area contributed by atoms with Crippen LogP contribution in [0.1, 0.15) is 51.0 Å². The van der Waals surface area contributed by atoms with Crippen LogP contribution in [0.5, 0.6) is 0 Å². The first-order valence-electron chi connectivity index (χ1n) is 7.65. The molecule has 0 amide bonds. The Balaban J connectivity index is 1.79. The maximum atomic E-state index is 6.18. The summed E-state index contributed by atoms with van der Waals surface area (Å²) in [6, 6.07) is 0. The molecule has 0 spiro atoms. The summed E-state index contributed by atoms with van der Waals surface area (Å²) in [6.07, 6.45) is 5.54. The van der Waals surface area contributed by atoms with Crippen molar-refractivity contribution in [1.29, 1.82) is 0 Å². The third-order valence-corrected chi connectivity index (χ3v) is 4.41. The van der Waals surface area contributed by atoms with Crippen LogP contribution in [0.2, 0.25) is 5.15 Å². The SMILES string of the molecule is CCCCc1nc(Cl)c(CNCC2(C)CCOCC2)[nH]1. The number of rotatable bonds is 7. The van der Waals surface area contributed by atoms with Crippen LogP contribution in [-0.2, 0) is 17.7 Å². The van der Waals surface area contributed by atoms with Crippen molar-refractivity contribution < 1.29 is 4.74 Å². The molecule has 0 radical (unpaired) electrons. The van der Waals surface area contributed by atoms with Crippen LogP contribution in [0, 0.1) is 5.41 Å². The zero-order chi connectivity index (χ0) is 14.4. The highest BCUT2D eigenvalue weighted by Gasteiger charge is 2.26. The van der Waals surface area contributed by atoms with Crippen molar-refractivity contribution >= 4 is 11.6 Å². The Morgan fingerprint density at radius 3 is 2.85 bits per heavy atom. The van der Waals surface area contributed by atoms with Crippen LogP contribution in [0.3, 0.4) is 0 Å². The summed E-state index contributed by atoms with van der Waals surface area (Å²) >= 11 is 6.18. The molecule has 1 saturated heterocycles. The molecule has 0 unspecified atom stereocenters. The summed E-state index contributed by atoms with van der Waals surface area (Å²) in [7, 11) is 0. The quantitative estimate of drug-likeness (QED) is 0.812. The van der Waals surface area contributed by atoms with Gasteiger partial charge in [0.2, 0.25) is 0 Å². The van der Waals surface area contributed by atoms with Gasteiger partial charge < -0.3 is 15.0 Å². The van der Waals surface area contributed by atoms with E-state index < -0.39 is 0 Å². The molecule has 1 aromatic heterocycles. The van der Waals surface area contributed by atoms with Gasteiger partial charge in [-0.2, -0.15) is 0 Å². The third kappa shape index (κ3) is 4.47. The molecule has 1 fully saturated rings. The van der Waals surface area contributed by atoms with Crippen molar-refractivity contribution in [2.24, 2.45) is 5.41 Å². The van der Waals surface area contributed by atoms with Crippen LogP contribution in [0.15, 0.2) is 0 Å². The van der Waals surface area contributed by atoms with Gasteiger partial charge in [0.15, 0.2) is 5.15 Å². The predicted octanol–water partition coefficient (Wildman–Crippen LogP) is 3.31. The van der Waals surface area contributed by atoms with E-state index in [0.717, 1.165) is 63.5 Å². The van der Waals surface area contributed by atoms with Crippen LogP contribution in [-0.4, -0.2) is 29.7 Å². The monoisotopic (exact) mass is 299 g/mol. The number of aromatic nitrogens is 2. The molecule has 2 N–H and O–H groups in total. The van der Waals surface area contributed by atoms with Gasteiger partial charge in [0.1, 0.15) is 5.82 Å². The lowest BCUT2D eigenvalue weighted by molar-refractivity contribution is 0.0240. The Labute approximate surface area is 126 Å². The average Bonchev–Trinajstić information content (AvgIpc) is 2.78. The molecular weight excluding hydrogens is 274 g/mol. The molecule has 0 atom stereocenters. The first kappa shape index (κ1) is 15.8. The molecule has 0 aromatic carbocycles. The van der Waals surface area contributed by atoms with Crippen molar-refractivity contribution in [3.63, 3.8) is 0 Å². The van der Waals surface area contributed by atoms with Crippen molar-refractivity contribution in [2.75, 3.05) is 19.8 Å². The van der Waals surface area contributed by atoms with Crippen molar-refractivity contribution in [2.45, 2.75) is 52.5 Å². The number of ether oxygens (including phenoxy) is 1. The fourth-order valence-electron chi connectivity index (χ4n) is 2.55. The van der Waals surface area contributed by atoms with Gasteiger partial charge in [-0.1, -0.05) is 31.9 Å². The number of H-pyrrole nitrogens is 1. The van der Waals surface area contributed by atoms with Gasteiger partial charge in [0.05, 0.1) is 5.69 Å². The molecule has 1 aliphatic rings. The van der Waals surface area contributed by atoms with Crippen LogP contribution in [0.25, 0.3) is 0 Å². The maximum Gasteiger partial charge on any atom is 0.151 e. The molecule has 2 heterocycles. The highest BCUT2D eigenvalue weighted by atomic mass is 35.5. The van der Waals surface area contributed by atoms with Gasteiger partial charge in [-0.15, -0.1) is 0 Å². The minimum absolute atomic E-state index is 0.343. The van der Waals surface area contributed by atoms with Gasteiger partial charge >= 0.3 is 0 Å². The van der Waals surface area contributed by atoms with E-state index in [1.165, 1.54) is 6.42 Å². The molecule has 0 saturated carbocycles. The number of nitrogens with one attached hydrogen (secondary N) is 2. The number of nitrogens with zero attached hydrogens (tertiary/aromatic N) is 1. The molecule has 114 valence electrons. The molecule has 0 bridgehead atoms. The van der Waals surface area contributed by atoms with E-state index in [1.807, 2.05) is 0 Å². The smallest absolute Gasteiger partial charge is 0.151 e. The molecule has 0 aliphatic carbocycles. The van der Waals surface area contributed by atoms with Crippen molar-refractivity contribution in [3.8, 4) is 0 Å². The Kier molecular flexibility index (Phi) is 5.87. The lowest BCUT2D eigenvalue weighted by Crippen LogP contribution is -2.36. The largest absolute Gasteiger partial charge is 0.381 e. The molecular formula is C15H26ClN3O. The molecule has 2 rings (SSSR count). The highest BCUT2D eigenvalue weighted by molar-refractivity contribution is 6.30. The molecule has 5 heteroatoms. The van der Waals surface area contributed by atoms with Gasteiger partial charge in [-0.3, -0.25) is 0 Å². The molecule has 20 heavy (non-hydrogen) atoms. The average molecular weight is 300 g/mol. The van der Waals surface area contributed by atoms with Gasteiger partial charge in [-0.25, -0.2) is 4.98 Å². The summed E-state index contributed by atoms with van der Waals surface area (Å²) in [5.41, 5.74) is 1.35.